The maximum atomic E-state index is 12.8. The number of amides is 1. The molecule has 0 radical (unpaired) electrons. The highest BCUT2D eigenvalue weighted by Gasteiger charge is 2.39. The molecule has 3 aliphatic rings. The van der Waals surface area contributed by atoms with Crippen molar-refractivity contribution in [1.29, 1.82) is 0 Å². The fourth-order valence-corrected chi connectivity index (χ4v) is 4.59. The van der Waals surface area contributed by atoms with Crippen molar-refractivity contribution in [1.82, 2.24) is 9.80 Å². The van der Waals surface area contributed by atoms with E-state index < -0.39 is 5.60 Å². The maximum absolute atomic E-state index is 12.8. The minimum absolute atomic E-state index is 0.0460. The first kappa shape index (κ1) is 17.2. The molecule has 0 aromatic heterocycles. The summed E-state index contributed by atoms with van der Waals surface area (Å²) in [7, 11) is 1.66. The Hall–Kier alpha value is -0.650. The van der Waals surface area contributed by atoms with E-state index >= 15 is 0 Å². The van der Waals surface area contributed by atoms with Crippen LogP contribution >= 0.6 is 0 Å². The number of ether oxygens (including phenoxy) is 1. The molecular formula is C18H32N2O3. The third-order valence-electron chi connectivity index (χ3n) is 6.37. The summed E-state index contributed by atoms with van der Waals surface area (Å²) >= 11 is 0. The largest absolute Gasteiger partial charge is 0.393 e. The van der Waals surface area contributed by atoms with E-state index in [0.717, 1.165) is 38.4 Å². The first-order valence-electron chi connectivity index (χ1n) is 9.36. The van der Waals surface area contributed by atoms with Gasteiger partial charge < -0.3 is 14.7 Å². The van der Waals surface area contributed by atoms with Crippen LogP contribution in [0, 0.1) is 5.92 Å². The van der Waals surface area contributed by atoms with Crippen molar-refractivity contribution in [3.05, 3.63) is 0 Å². The number of piperidine rings is 1. The van der Waals surface area contributed by atoms with E-state index in [1.54, 1.807) is 7.11 Å². The van der Waals surface area contributed by atoms with Crippen LogP contribution in [0.2, 0.25) is 0 Å². The molecule has 132 valence electrons. The molecule has 0 aromatic rings. The van der Waals surface area contributed by atoms with Crippen LogP contribution < -0.4 is 0 Å². The molecule has 2 aliphatic heterocycles. The van der Waals surface area contributed by atoms with Crippen LogP contribution in [0.4, 0.5) is 0 Å². The Morgan fingerprint density at radius 2 is 1.83 bits per heavy atom. The quantitative estimate of drug-likeness (QED) is 0.854. The topological polar surface area (TPSA) is 53.0 Å². The normalized spacial score (nSPS) is 29.8. The minimum atomic E-state index is -0.430. The molecule has 5 heteroatoms. The fourth-order valence-electron chi connectivity index (χ4n) is 4.59. The first-order valence-corrected chi connectivity index (χ1v) is 9.36. The number of carbonyl (C=O) groups is 1. The number of aliphatic hydroxyl groups is 1. The molecule has 1 N–H and O–H groups in total. The Morgan fingerprint density at radius 1 is 1.13 bits per heavy atom. The Balaban J connectivity index is 1.49. The molecule has 1 unspecified atom stereocenters. The molecule has 2 heterocycles. The zero-order valence-electron chi connectivity index (χ0n) is 14.5. The van der Waals surface area contributed by atoms with Gasteiger partial charge in [-0.05, 0) is 38.6 Å². The monoisotopic (exact) mass is 324 g/mol. The molecule has 5 nitrogen and oxygen atoms in total. The molecule has 3 rings (SSSR count). The minimum Gasteiger partial charge on any atom is -0.393 e. The lowest BCUT2D eigenvalue weighted by Gasteiger charge is -2.40. The van der Waals surface area contributed by atoms with Crippen LogP contribution in [0.25, 0.3) is 0 Å². The van der Waals surface area contributed by atoms with Crippen LogP contribution in [-0.2, 0) is 9.53 Å². The van der Waals surface area contributed by atoms with Gasteiger partial charge in [-0.1, -0.05) is 19.3 Å². The van der Waals surface area contributed by atoms with Gasteiger partial charge in [0.15, 0.2) is 0 Å². The van der Waals surface area contributed by atoms with Gasteiger partial charge in [0.1, 0.15) is 0 Å². The summed E-state index contributed by atoms with van der Waals surface area (Å²) in [5, 5.41) is 9.52. The molecule has 23 heavy (non-hydrogen) atoms. The van der Waals surface area contributed by atoms with E-state index in [9.17, 15) is 9.90 Å². The van der Waals surface area contributed by atoms with Gasteiger partial charge >= 0.3 is 0 Å². The standard InChI is InChI=1S/C18H32N2O3/c1-23-18(14-21)8-11-19(12-9-18)17(22)15-7-10-20(13-15)16-5-3-2-4-6-16/h15-16,21H,2-14H2,1H3. The average molecular weight is 324 g/mol. The molecule has 1 aliphatic carbocycles. The third kappa shape index (κ3) is 3.72. The molecule has 1 amide bonds. The van der Waals surface area contributed by atoms with E-state index in [2.05, 4.69) is 4.90 Å². The molecule has 2 saturated heterocycles. The Labute approximate surface area is 140 Å². The highest BCUT2D eigenvalue weighted by molar-refractivity contribution is 5.79. The zero-order valence-corrected chi connectivity index (χ0v) is 14.5. The van der Waals surface area contributed by atoms with Crippen molar-refractivity contribution >= 4 is 5.91 Å². The number of rotatable bonds is 4. The second-order valence-electron chi connectivity index (χ2n) is 7.64. The van der Waals surface area contributed by atoms with Crippen molar-refractivity contribution in [3.63, 3.8) is 0 Å². The fraction of sp³-hybridized carbons (Fsp3) is 0.944. The Morgan fingerprint density at radius 3 is 2.43 bits per heavy atom. The van der Waals surface area contributed by atoms with E-state index in [4.69, 9.17) is 4.74 Å². The predicted octanol–water partition coefficient (Wildman–Crippen LogP) is 1.64. The lowest BCUT2D eigenvalue weighted by Crippen LogP contribution is -2.51. The van der Waals surface area contributed by atoms with Gasteiger partial charge in [-0.25, -0.2) is 0 Å². The zero-order chi connectivity index (χ0) is 16.3. The SMILES string of the molecule is COC1(CO)CCN(C(=O)C2CCN(C3CCCCC3)C2)CC1. The smallest absolute Gasteiger partial charge is 0.227 e. The second-order valence-corrected chi connectivity index (χ2v) is 7.64. The van der Waals surface area contributed by atoms with Gasteiger partial charge in [0.2, 0.25) is 5.91 Å². The molecule has 0 bridgehead atoms. The number of hydrogen-bond donors (Lipinski definition) is 1. The lowest BCUT2D eigenvalue weighted by atomic mass is 9.91. The molecule has 1 atom stereocenters. The number of hydrogen-bond acceptors (Lipinski definition) is 4. The van der Waals surface area contributed by atoms with Gasteiger partial charge in [0.05, 0.1) is 18.1 Å². The summed E-state index contributed by atoms with van der Waals surface area (Å²) in [5.41, 5.74) is -0.430. The van der Waals surface area contributed by atoms with Gasteiger partial charge in [0.25, 0.3) is 0 Å². The van der Waals surface area contributed by atoms with Crippen molar-refractivity contribution in [2.24, 2.45) is 5.92 Å². The summed E-state index contributed by atoms with van der Waals surface area (Å²) in [5.74, 6) is 0.507. The van der Waals surface area contributed by atoms with Crippen molar-refractivity contribution < 1.29 is 14.6 Å². The summed E-state index contributed by atoms with van der Waals surface area (Å²) in [6.07, 6.45) is 9.22. The summed E-state index contributed by atoms with van der Waals surface area (Å²) in [6, 6.07) is 0.721. The Bertz CT molecular complexity index is 395. The van der Waals surface area contributed by atoms with E-state index in [0.29, 0.717) is 19.0 Å². The lowest BCUT2D eigenvalue weighted by molar-refractivity contribution is -0.143. The number of carbonyl (C=O) groups excluding carboxylic acids is 1. The van der Waals surface area contributed by atoms with E-state index in [1.165, 1.54) is 32.1 Å². The summed E-state index contributed by atoms with van der Waals surface area (Å²) < 4.78 is 5.48. The van der Waals surface area contributed by atoms with Crippen LogP contribution in [0.5, 0.6) is 0 Å². The predicted molar refractivity (Wildman–Crippen MR) is 89.2 cm³/mol. The third-order valence-corrected chi connectivity index (χ3v) is 6.37. The number of likely N-dealkylation sites (tertiary alicyclic amines) is 2. The van der Waals surface area contributed by atoms with Crippen LogP contribution in [0.1, 0.15) is 51.4 Å². The van der Waals surface area contributed by atoms with Gasteiger partial charge in [0, 0.05) is 32.8 Å². The molecule has 3 fully saturated rings. The highest BCUT2D eigenvalue weighted by atomic mass is 16.5. The Kier molecular flexibility index (Phi) is 5.60. The van der Waals surface area contributed by atoms with Crippen molar-refractivity contribution in [2.45, 2.75) is 63.0 Å². The number of nitrogens with zero attached hydrogens (tertiary/aromatic N) is 2. The van der Waals surface area contributed by atoms with Crippen LogP contribution in [0.15, 0.2) is 0 Å². The first-order chi connectivity index (χ1) is 11.2. The summed E-state index contributed by atoms with van der Waals surface area (Å²) in [4.78, 5) is 17.4. The van der Waals surface area contributed by atoms with Crippen LogP contribution in [0.3, 0.4) is 0 Å². The van der Waals surface area contributed by atoms with Crippen molar-refractivity contribution in [2.75, 3.05) is 39.9 Å². The van der Waals surface area contributed by atoms with Gasteiger partial charge in [-0.2, -0.15) is 0 Å². The number of aliphatic hydroxyl groups excluding tert-OH is 1. The number of methoxy groups -OCH3 is 1. The second kappa shape index (κ2) is 7.49. The van der Waals surface area contributed by atoms with E-state index in [1.807, 2.05) is 4.90 Å². The molecule has 0 aromatic carbocycles. The molecule has 0 spiro atoms. The average Bonchev–Trinajstić information content (AvgIpc) is 3.12. The van der Waals surface area contributed by atoms with Crippen LogP contribution in [-0.4, -0.2) is 72.4 Å². The van der Waals surface area contributed by atoms with Gasteiger partial charge in [-0.15, -0.1) is 0 Å². The highest BCUT2D eigenvalue weighted by Crippen LogP contribution is 2.30. The summed E-state index contributed by atoms with van der Waals surface area (Å²) in [6.45, 7) is 3.52. The molecular weight excluding hydrogens is 292 g/mol. The van der Waals surface area contributed by atoms with Crippen molar-refractivity contribution in [3.8, 4) is 0 Å². The maximum Gasteiger partial charge on any atom is 0.227 e. The van der Waals surface area contributed by atoms with E-state index in [-0.39, 0.29) is 12.5 Å². The van der Waals surface area contributed by atoms with Gasteiger partial charge in [-0.3, -0.25) is 9.69 Å². The molecule has 1 saturated carbocycles.